The van der Waals surface area contributed by atoms with E-state index in [0.717, 1.165) is 11.0 Å². The van der Waals surface area contributed by atoms with Crippen LogP contribution in [0.1, 0.15) is 12.0 Å². The van der Waals surface area contributed by atoms with Gasteiger partial charge in [-0.3, -0.25) is 0 Å². The van der Waals surface area contributed by atoms with E-state index in [1.807, 2.05) is 0 Å². The zero-order valence-electron chi connectivity index (χ0n) is 9.07. The standard InChI is InChI=1S/C11H9BrF5N/c12-8-3-1-2-7(11(15,16)17)9(8)18-5-4-10(13,14)6-18/h1-3H,4-6H2. The van der Waals surface area contributed by atoms with E-state index in [0.29, 0.717) is 0 Å². The van der Waals surface area contributed by atoms with Crippen molar-refractivity contribution in [2.45, 2.75) is 18.5 Å². The second-order valence-corrected chi connectivity index (χ2v) is 5.02. The highest BCUT2D eigenvalue weighted by Gasteiger charge is 2.42. The molecular formula is C11H9BrF5N. The summed E-state index contributed by atoms with van der Waals surface area (Å²) in [6.45, 7) is -0.766. The minimum atomic E-state index is -4.56. The second-order valence-electron chi connectivity index (χ2n) is 4.16. The van der Waals surface area contributed by atoms with E-state index >= 15 is 0 Å². The van der Waals surface area contributed by atoms with Crippen LogP contribution in [0.25, 0.3) is 0 Å². The SMILES string of the molecule is FC1(F)CCN(c2c(Br)cccc2C(F)(F)F)C1. The van der Waals surface area contributed by atoms with Gasteiger partial charge in [0.2, 0.25) is 0 Å². The van der Waals surface area contributed by atoms with Gasteiger partial charge in [-0.2, -0.15) is 13.2 Å². The molecule has 0 aromatic heterocycles. The van der Waals surface area contributed by atoms with Gasteiger partial charge in [-0.25, -0.2) is 8.78 Å². The van der Waals surface area contributed by atoms with Crippen molar-refractivity contribution in [3.05, 3.63) is 28.2 Å². The average Bonchev–Trinajstić information content (AvgIpc) is 2.57. The lowest BCUT2D eigenvalue weighted by atomic mass is 10.1. The molecule has 0 N–H and O–H groups in total. The summed E-state index contributed by atoms with van der Waals surface area (Å²) >= 11 is 3.00. The number of hydrogen-bond acceptors (Lipinski definition) is 1. The van der Waals surface area contributed by atoms with Crippen molar-refractivity contribution in [3.8, 4) is 0 Å². The molecular weight excluding hydrogens is 321 g/mol. The summed E-state index contributed by atoms with van der Waals surface area (Å²) in [7, 11) is 0. The fourth-order valence-electron chi connectivity index (χ4n) is 1.99. The zero-order valence-corrected chi connectivity index (χ0v) is 10.7. The lowest BCUT2D eigenvalue weighted by Gasteiger charge is -2.24. The zero-order chi connectivity index (χ0) is 13.6. The van der Waals surface area contributed by atoms with Crippen molar-refractivity contribution in [1.82, 2.24) is 0 Å². The van der Waals surface area contributed by atoms with E-state index in [1.165, 1.54) is 12.1 Å². The first-order valence-electron chi connectivity index (χ1n) is 5.19. The molecule has 0 unspecified atom stereocenters. The van der Waals surface area contributed by atoms with E-state index in [9.17, 15) is 22.0 Å². The largest absolute Gasteiger partial charge is 0.418 e. The number of nitrogens with zero attached hydrogens (tertiary/aromatic N) is 1. The normalized spacial score (nSPS) is 19.3. The lowest BCUT2D eigenvalue weighted by Crippen LogP contribution is -2.27. The highest BCUT2D eigenvalue weighted by molar-refractivity contribution is 9.10. The molecule has 0 spiro atoms. The Labute approximate surface area is 109 Å². The van der Waals surface area contributed by atoms with Crippen LogP contribution in [0.3, 0.4) is 0 Å². The summed E-state index contributed by atoms with van der Waals surface area (Å²) in [5.41, 5.74) is -1.10. The van der Waals surface area contributed by atoms with Crippen LogP contribution in [0.15, 0.2) is 22.7 Å². The molecule has 1 nitrogen and oxygen atoms in total. The molecule has 0 amide bonds. The van der Waals surface area contributed by atoms with Crippen LogP contribution in [0.5, 0.6) is 0 Å². The molecule has 0 atom stereocenters. The average molecular weight is 330 g/mol. The number of para-hydroxylation sites is 1. The van der Waals surface area contributed by atoms with E-state index in [4.69, 9.17) is 0 Å². The van der Waals surface area contributed by atoms with Crippen LogP contribution in [-0.2, 0) is 6.18 Å². The van der Waals surface area contributed by atoms with E-state index in [1.54, 1.807) is 0 Å². The Morgan fingerprint density at radius 1 is 1.22 bits per heavy atom. The quantitative estimate of drug-likeness (QED) is 0.694. The van der Waals surface area contributed by atoms with Crippen molar-refractivity contribution < 1.29 is 22.0 Å². The first-order valence-corrected chi connectivity index (χ1v) is 5.98. The van der Waals surface area contributed by atoms with Crippen LogP contribution >= 0.6 is 15.9 Å². The first kappa shape index (κ1) is 13.6. The molecule has 0 saturated carbocycles. The van der Waals surface area contributed by atoms with Gasteiger partial charge in [0.1, 0.15) is 0 Å². The molecule has 18 heavy (non-hydrogen) atoms. The molecule has 1 aromatic rings. The number of alkyl halides is 5. The molecule has 2 rings (SSSR count). The Hall–Kier alpha value is -0.850. The van der Waals surface area contributed by atoms with Gasteiger partial charge in [0.15, 0.2) is 0 Å². The molecule has 100 valence electrons. The highest BCUT2D eigenvalue weighted by atomic mass is 79.9. The maximum atomic E-state index is 13.1. The topological polar surface area (TPSA) is 3.24 Å². The van der Waals surface area contributed by atoms with Gasteiger partial charge < -0.3 is 4.90 Å². The molecule has 0 radical (unpaired) electrons. The van der Waals surface area contributed by atoms with E-state index in [-0.39, 0.29) is 16.7 Å². The summed E-state index contributed by atoms with van der Waals surface area (Å²) in [6, 6.07) is 3.56. The fraction of sp³-hybridized carbons (Fsp3) is 0.455. The number of rotatable bonds is 1. The van der Waals surface area contributed by atoms with Crippen molar-refractivity contribution in [2.75, 3.05) is 18.0 Å². The van der Waals surface area contributed by atoms with Crippen molar-refractivity contribution in [2.24, 2.45) is 0 Å². The summed E-state index contributed by atoms with van der Waals surface area (Å²) < 4.78 is 64.9. The second kappa shape index (κ2) is 4.36. The van der Waals surface area contributed by atoms with Crippen LogP contribution in [0.2, 0.25) is 0 Å². The maximum Gasteiger partial charge on any atom is 0.418 e. The summed E-state index contributed by atoms with van der Waals surface area (Å²) in [6.07, 6.45) is -4.98. The third kappa shape index (κ3) is 2.60. The minimum absolute atomic E-state index is 0.0846. The molecule has 0 bridgehead atoms. The number of benzene rings is 1. The van der Waals surface area contributed by atoms with E-state index in [2.05, 4.69) is 15.9 Å². The van der Waals surface area contributed by atoms with Gasteiger partial charge in [0.05, 0.1) is 17.8 Å². The predicted octanol–water partition coefficient (Wildman–Crippen LogP) is 4.31. The van der Waals surface area contributed by atoms with Gasteiger partial charge in [0, 0.05) is 17.4 Å². The first-order chi connectivity index (χ1) is 8.21. The van der Waals surface area contributed by atoms with Crippen LogP contribution < -0.4 is 4.90 Å². The van der Waals surface area contributed by atoms with Crippen LogP contribution in [0.4, 0.5) is 27.6 Å². The Morgan fingerprint density at radius 2 is 1.89 bits per heavy atom. The summed E-state index contributed by atoms with van der Waals surface area (Å²) in [5, 5.41) is 0. The fourth-order valence-corrected chi connectivity index (χ4v) is 2.61. The molecule has 1 aliphatic rings. The third-order valence-corrected chi connectivity index (χ3v) is 3.42. The van der Waals surface area contributed by atoms with Gasteiger partial charge in [-0.1, -0.05) is 6.07 Å². The van der Waals surface area contributed by atoms with E-state index < -0.39 is 30.6 Å². The van der Waals surface area contributed by atoms with Crippen LogP contribution in [-0.4, -0.2) is 19.0 Å². The van der Waals surface area contributed by atoms with Crippen molar-refractivity contribution in [3.63, 3.8) is 0 Å². The maximum absolute atomic E-state index is 13.1. The molecule has 1 heterocycles. The van der Waals surface area contributed by atoms with Gasteiger partial charge >= 0.3 is 6.18 Å². The lowest BCUT2D eigenvalue weighted by molar-refractivity contribution is -0.137. The monoisotopic (exact) mass is 329 g/mol. The van der Waals surface area contributed by atoms with Crippen molar-refractivity contribution in [1.29, 1.82) is 0 Å². The minimum Gasteiger partial charge on any atom is -0.364 e. The summed E-state index contributed by atoms with van der Waals surface area (Å²) in [5.74, 6) is -2.93. The molecule has 1 aromatic carbocycles. The number of hydrogen-bond donors (Lipinski definition) is 0. The third-order valence-electron chi connectivity index (χ3n) is 2.78. The Kier molecular flexibility index (Phi) is 3.29. The number of anilines is 1. The Balaban J connectivity index is 2.44. The van der Waals surface area contributed by atoms with Crippen molar-refractivity contribution >= 4 is 21.6 Å². The molecule has 1 saturated heterocycles. The molecule has 7 heteroatoms. The molecule has 1 fully saturated rings. The highest BCUT2D eigenvalue weighted by Crippen LogP contribution is 2.43. The van der Waals surface area contributed by atoms with Gasteiger partial charge in [-0.05, 0) is 28.1 Å². The van der Waals surface area contributed by atoms with Gasteiger partial charge in [0.25, 0.3) is 5.92 Å². The molecule has 0 aliphatic carbocycles. The Morgan fingerprint density at radius 3 is 2.39 bits per heavy atom. The summed E-state index contributed by atoms with van der Waals surface area (Å²) in [4.78, 5) is 1.08. The predicted molar refractivity (Wildman–Crippen MR) is 60.9 cm³/mol. The Bertz CT molecular complexity index is 457. The smallest absolute Gasteiger partial charge is 0.364 e. The molecule has 1 aliphatic heterocycles. The van der Waals surface area contributed by atoms with Gasteiger partial charge in [-0.15, -0.1) is 0 Å². The van der Waals surface area contributed by atoms with Crippen LogP contribution in [0, 0.1) is 0 Å². The number of halogens is 6.